The van der Waals surface area contributed by atoms with Crippen molar-refractivity contribution in [2.75, 3.05) is 0 Å². The maximum atomic E-state index is 11.3. The summed E-state index contributed by atoms with van der Waals surface area (Å²) >= 11 is 0. The molecule has 72 valence electrons. The lowest BCUT2D eigenvalue weighted by Gasteiger charge is -2.41. The third-order valence-corrected chi connectivity index (χ3v) is 3.62. The Morgan fingerprint density at radius 2 is 2.15 bits per heavy atom. The van der Waals surface area contributed by atoms with Crippen LogP contribution in [0.4, 0.5) is 0 Å². The minimum Gasteiger partial charge on any atom is -0.494 e. The third-order valence-electron chi connectivity index (χ3n) is 3.62. The first-order valence-electron chi connectivity index (χ1n) is 4.93. The quantitative estimate of drug-likeness (QED) is 0.572. The van der Waals surface area contributed by atoms with Crippen LogP contribution < -0.4 is 0 Å². The molecule has 0 amide bonds. The van der Waals surface area contributed by atoms with Crippen molar-refractivity contribution in [3.8, 4) is 0 Å². The first-order valence-corrected chi connectivity index (χ1v) is 4.93. The zero-order valence-electron chi connectivity index (χ0n) is 8.30. The van der Waals surface area contributed by atoms with Gasteiger partial charge in [-0.2, -0.15) is 0 Å². The average Bonchev–Trinajstić information content (AvgIpc) is 2.27. The molecule has 0 aromatic rings. The molecule has 0 aromatic heterocycles. The van der Waals surface area contributed by atoms with E-state index in [9.17, 15) is 4.79 Å². The smallest absolute Gasteiger partial charge is 0.162 e. The van der Waals surface area contributed by atoms with Crippen molar-refractivity contribution in [2.45, 2.75) is 45.1 Å². The van der Waals surface area contributed by atoms with Crippen molar-refractivity contribution in [1.82, 2.24) is 0 Å². The summed E-state index contributed by atoms with van der Waals surface area (Å²) in [6.45, 7) is 4.40. The monoisotopic (exact) mass is 180 g/mol. The second kappa shape index (κ2) is 2.60. The number of rotatable bonds is 0. The molecule has 0 N–H and O–H groups in total. The largest absolute Gasteiger partial charge is 0.494 e. The molecule has 1 saturated carbocycles. The first-order chi connectivity index (χ1) is 6.06. The Kier molecular flexibility index (Phi) is 1.76. The molecule has 1 atom stereocenters. The molecule has 0 bridgehead atoms. The van der Waals surface area contributed by atoms with Gasteiger partial charge in [-0.3, -0.25) is 4.79 Å². The Balaban J connectivity index is 2.30. The van der Waals surface area contributed by atoms with Gasteiger partial charge in [0.15, 0.2) is 5.78 Å². The maximum Gasteiger partial charge on any atom is 0.162 e. The van der Waals surface area contributed by atoms with Crippen LogP contribution in [-0.4, -0.2) is 11.4 Å². The van der Waals surface area contributed by atoms with E-state index in [2.05, 4.69) is 13.8 Å². The number of allylic oxidation sites excluding steroid dienone is 1. The van der Waals surface area contributed by atoms with Gasteiger partial charge in [0, 0.05) is 11.5 Å². The first kappa shape index (κ1) is 8.79. The van der Waals surface area contributed by atoms with E-state index < -0.39 is 0 Å². The summed E-state index contributed by atoms with van der Waals surface area (Å²) in [6.07, 6.45) is 7.05. The van der Waals surface area contributed by atoms with Gasteiger partial charge in [-0.25, -0.2) is 0 Å². The minimum absolute atomic E-state index is 0.146. The molecule has 1 aliphatic carbocycles. The molecule has 2 aliphatic rings. The third kappa shape index (κ3) is 1.19. The van der Waals surface area contributed by atoms with E-state index in [1.54, 1.807) is 12.3 Å². The predicted octanol–water partition coefficient (Wildman–Crippen LogP) is 2.44. The molecule has 2 nitrogen and oxygen atoms in total. The predicted molar refractivity (Wildman–Crippen MR) is 50.2 cm³/mol. The number of hydrogen-bond acceptors (Lipinski definition) is 2. The van der Waals surface area contributed by atoms with E-state index in [4.69, 9.17) is 4.74 Å². The van der Waals surface area contributed by atoms with Crippen LogP contribution in [0.25, 0.3) is 0 Å². The lowest BCUT2D eigenvalue weighted by molar-refractivity contribution is -0.129. The molecule has 1 heterocycles. The van der Waals surface area contributed by atoms with Gasteiger partial charge >= 0.3 is 0 Å². The van der Waals surface area contributed by atoms with Crippen LogP contribution in [0.15, 0.2) is 12.3 Å². The zero-order chi connectivity index (χ0) is 9.53. The molecule has 0 saturated heterocycles. The fourth-order valence-electron chi connectivity index (χ4n) is 2.55. The standard InChI is InChI=1S/C11H16O2/c1-10(2)5-3-6-11(10)8-9(12)4-7-13-11/h4,7H,3,5-6,8H2,1-2H3. The average molecular weight is 180 g/mol. The minimum atomic E-state index is -0.196. The van der Waals surface area contributed by atoms with E-state index in [-0.39, 0.29) is 16.8 Å². The highest BCUT2D eigenvalue weighted by molar-refractivity contribution is 5.91. The van der Waals surface area contributed by atoms with Gasteiger partial charge in [0.25, 0.3) is 0 Å². The molecular formula is C11H16O2. The van der Waals surface area contributed by atoms with Gasteiger partial charge in [0.2, 0.25) is 0 Å². The summed E-state index contributed by atoms with van der Waals surface area (Å²) in [7, 11) is 0. The summed E-state index contributed by atoms with van der Waals surface area (Å²) in [5.74, 6) is 0.209. The van der Waals surface area contributed by atoms with E-state index >= 15 is 0 Å². The molecule has 1 spiro atoms. The molecule has 0 aromatic carbocycles. The molecule has 1 fully saturated rings. The second-order valence-corrected chi connectivity index (χ2v) is 4.80. The van der Waals surface area contributed by atoms with Gasteiger partial charge in [0.1, 0.15) is 5.60 Å². The number of hydrogen-bond donors (Lipinski definition) is 0. The van der Waals surface area contributed by atoms with Crippen molar-refractivity contribution >= 4 is 5.78 Å². The van der Waals surface area contributed by atoms with E-state index in [1.165, 1.54) is 6.42 Å². The van der Waals surface area contributed by atoms with E-state index in [1.807, 2.05) is 0 Å². The van der Waals surface area contributed by atoms with Crippen molar-refractivity contribution in [3.05, 3.63) is 12.3 Å². The van der Waals surface area contributed by atoms with Crippen molar-refractivity contribution < 1.29 is 9.53 Å². The molecule has 2 heteroatoms. The lowest BCUT2D eigenvalue weighted by atomic mass is 9.74. The Morgan fingerprint density at radius 3 is 2.69 bits per heavy atom. The highest BCUT2D eigenvalue weighted by Gasteiger charge is 2.52. The molecule has 0 radical (unpaired) electrons. The van der Waals surface area contributed by atoms with Crippen molar-refractivity contribution in [3.63, 3.8) is 0 Å². The van der Waals surface area contributed by atoms with E-state index in [0.717, 1.165) is 12.8 Å². The number of carbonyl (C=O) groups excluding carboxylic acids is 1. The van der Waals surface area contributed by atoms with Crippen molar-refractivity contribution in [1.29, 1.82) is 0 Å². The van der Waals surface area contributed by atoms with Crippen LogP contribution in [0, 0.1) is 5.41 Å². The fraction of sp³-hybridized carbons (Fsp3) is 0.727. The van der Waals surface area contributed by atoms with Gasteiger partial charge in [0.05, 0.1) is 12.7 Å². The normalized spacial score (nSPS) is 36.6. The molecule has 2 rings (SSSR count). The summed E-state index contributed by atoms with van der Waals surface area (Å²) in [4.78, 5) is 11.3. The van der Waals surface area contributed by atoms with Gasteiger partial charge < -0.3 is 4.74 Å². The molecule has 13 heavy (non-hydrogen) atoms. The number of ketones is 1. The number of ether oxygens (including phenoxy) is 1. The summed E-state index contributed by atoms with van der Waals surface area (Å²) < 4.78 is 5.71. The van der Waals surface area contributed by atoms with Crippen molar-refractivity contribution in [2.24, 2.45) is 5.41 Å². The van der Waals surface area contributed by atoms with Crippen LogP contribution in [-0.2, 0) is 9.53 Å². The van der Waals surface area contributed by atoms with Crippen LogP contribution in [0.1, 0.15) is 39.5 Å². The van der Waals surface area contributed by atoms with Gasteiger partial charge in [-0.1, -0.05) is 13.8 Å². The van der Waals surface area contributed by atoms with Gasteiger partial charge in [-0.15, -0.1) is 0 Å². The lowest BCUT2D eigenvalue weighted by Crippen LogP contribution is -2.44. The Labute approximate surface area is 79.0 Å². The van der Waals surface area contributed by atoms with Crippen LogP contribution >= 0.6 is 0 Å². The highest BCUT2D eigenvalue weighted by atomic mass is 16.5. The summed E-state index contributed by atoms with van der Waals surface area (Å²) in [5.41, 5.74) is -0.0494. The Morgan fingerprint density at radius 1 is 1.38 bits per heavy atom. The molecular weight excluding hydrogens is 164 g/mol. The Bertz CT molecular complexity index is 265. The highest BCUT2D eigenvalue weighted by Crippen LogP contribution is 2.51. The Hall–Kier alpha value is -0.790. The maximum absolute atomic E-state index is 11.3. The van der Waals surface area contributed by atoms with Crippen LogP contribution in [0.3, 0.4) is 0 Å². The SMILES string of the molecule is CC1(C)CCCC12CC(=O)C=CO2. The summed E-state index contributed by atoms with van der Waals surface area (Å²) in [6, 6.07) is 0. The molecule has 1 aliphatic heterocycles. The molecule has 1 unspecified atom stereocenters. The van der Waals surface area contributed by atoms with Gasteiger partial charge in [-0.05, 0) is 19.3 Å². The zero-order valence-corrected chi connectivity index (χ0v) is 8.30. The van der Waals surface area contributed by atoms with E-state index in [0.29, 0.717) is 6.42 Å². The summed E-state index contributed by atoms with van der Waals surface area (Å²) in [5, 5.41) is 0. The fourth-order valence-corrected chi connectivity index (χ4v) is 2.55. The second-order valence-electron chi connectivity index (χ2n) is 4.80. The topological polar surface area (TPSA) is 26.3 Å². The van der Waals surface area contributed by atoms with Crippen LogP contribution in [0.5, 0.6) is 0 Å². The number of carbonyl (C=O) groups is 1. The van der Waals surface area contributed by atoms with Crippen LogP contribution in [0.2, 0.25) is 0 Å².